The number of rotatable bonds is 5. The number of aryl methyl sites for hydroxylation is 1. The Kier molecular flexibility index (Phi) is 4.69. The summed E-state index contributed by atoms with van der Waals surface area (Å²) in [7, 11) is 0. The van der Waals surface area contributed by atoms with Gasteiger partial charge in [0.05, 0.1) is 11.8 Å². The lowest BCUT2D eigenvalue weighted by Crippen LogP contribution is -2.56. The molecule has 1 aromatic heterocycles. The molecular weight excluding hydrogens is 278 g/mol. The fourth-order valence-corrected chi connectivity index (χ4v) is 3.42. The summed E-state index contributed by atoms with van der Waals surface area (Å²) in [6.07, 6.45) is 4.99. The molecular formula is C13H19N3O3S. The quantitative estimate of drug-likeness (QED) is 0.857. The molecule has 0 aliphatic carbocycles. The number of carboxylic acids is 1. The first kappa shape index (κ1) is 14.9. The van der Waals surface area contributed by atoms with E-state index in [0.29, 0.717) is 18.4 Å². The van der Waals surface area contributed by atoms with Gasteiger partial charge in [0.1, 0.15) is 5.54 Å². The third kappa shape index (κ3) is 3.15. The van der Waals surface area contributed by atoms with Gasteiger partial charge < -0.3 is 10.4 Å². The number of hydrogen-bond acceptors (Lipinski definition) is 4. The highest BCUT2D eigenvalue weighted by atomic mass is 32.2. The Morgan fingerprint density at radius 2 is 2.20 bits per heavy atom. The number of aliphatic carboxylic acids is 1. The van der Waals surface area contributed by atoms with E-state index in [1.165, 1.54) is 6.20 Å². The van der Waals surface area contributed by atoms with Crippen LogP contribution in [0.2, 0.25) is 0 Å². The van der Waals surface area contributed by atoms with E-state index in [0.717, 1.165) is 24.5 Å². The number of nitrogens with zero attached hydrogens (tertiary/aromatic N) is 2. The lowest BCUT2D eigenvalue weighted by molar-refractivity contribution is -0.144. The van der Waals surface area contributed by atoms with E-state index in [1.54, 1.807) is 22.6 Å². The fourth-order valence-electron chi connectivity index (χ4n) is 2.23. The van der Waals surface area contributed by atoms with Crippen LogP contribution < -0.4 is 5.32 Å². The summed E-state index contributed by atoms with van der Waals surface area (Å²) in [6, 6.07) is 0. The number of carboxylic acid groups (broad SMARTS) is 1. The van der Waals surface area contributed by atoms with E-state index in [4.69, 9.17) is 0 Å². The van der Waals surface area contributed by atoms with Crippen molar-refractivity contribution in [1.82, 2.24) is 15.1 Å². The topological polar surface area (TPSA) is 84.2 Å². The molecule has 0 spiro atoms. The largest absolute Gasteiger partial charge is 0.480 e. The van der Waals surface area contributed by atoms with Crippen LogP contribution in [-0.2, 0) is 11.3 Å². The summed E-state index contributed by atoms with van der Waals surface area (Å²) < 4.78 is 1.69. The van der Waals surface area contributed by atoms with Gasteiger partial charge in [-0.3, -0.25) is 9.48 Å². The van der Waals surface area contributed by atoms with Crippen molar-refractivity contribution in [3.05, 3.63) is 18.0 Å². The molecule has 1 aliphatic heterocycles. The normalized spacial score (nSPS) is 17.6. The number of carbonyl (C=O) groups is 2. The summed E-state index contributed by atoms with van der Waals surface area (Å²) in [6.45, 7) is 2.77. The van der Waals surface area contributed by atoms with Crippen LogP contribution in [-0.4, -0.2) is 43.8 Å². The molecule has 1 amide bonds. The van der Waals surface area contributed by atoms with Crippen LogP contribution in [0.4, 0.5) is 0 Å². The lowest BCUT2D eigenvalue weighted by atomic mass is 9.92. The van der Waals surface area contributed by atoms with E-state index < -0.39 is 11.5 Å². The Hall–Kier alpha value is -1.50. The van der Waals surface area contributed by atoms with Crippen LogP contribution in [0.15, 0.2) is 12.4 Å². The van der Waals surface area contributed by atoms with Gasteiger partial charge in [-0.1, -0.05) is 6.92 Å². The Balaban J connectivity index is 2.09. The van der Waals surface area contributed by atoms with Crippen LogP contribution in [0.1, 0.15) is 36.5 Å². The SMILES string of the molecule is CCCn1cc(C(=O)NC2(C(=O)O)CCSCC2)cn1. The van der Waals surface area contributed by atoms with Crippen molar-refractivity contribution in [3.8, 4) is 0 Å². The third-order valence-corrected chi connectivity index (χ3v) is 4.44. The number of hydrogen-bond donors (Lipinski definition) is 2. The second-order valence-corrected chi connectivity index (χ2v) is 6.17. The van der Waals surface area contributed by atoms with Crippen molar-refractivity contribution in [2.45, 2.75) is 38.3 Å². The zero-order valence-electron chi connectivity index (χ0n) is 11.5. The molecule has 20 heavy (non-hydrogen) atoms. The first-order valence-electron chi connectivity index (χ1n) is 6.73. The molecule has 1 aromatic rings. The predicted octanol–water partition coefficient (Wildman–Crippen LogP) is 1.37. The van der Waals surface area contributed by atoms with Gasteiger partial charge in [0.15, 0.2) is 0 Å². The van der Waals surface area contributed by atoms with Crippen molar-refractivity contribution in [2.75, 3.05) is 11.5 Å². The van der Waals surface area contributed by atoms with Crippen molar-refractivity contribution in [1.29, 1.82) is 0 Å². The zero-order valence-corrected chi connectivity index (χ0v) is 12.3. The molecule has 1 fully saturated rings. The van der Waals surface area contributed by atoms with Gasteiger partial charge >= 0.3 is 5.97 Å². The summed E-state index contributed by atoms with van der Waals surface area (Å²) in [5.74, 6) is 0.192. The highest BCUT2D eigenvalue weighted by molar-refractivity contribution is 7.99. The molecule has 0 aromatic carbocycles. The highest BCUT2D eigenvalue weighted by Crippen LogP contribution is 2.27. The van der Waals surface area contributed by atoms with E-state index >= 15 is 0 Å². The minimum Gasteiger partial charge on any atom is -0.480 e. The van der Waals surface area contributed by atoms with Crippen LogP contribution in [0.25, 0.3) is 0 Å². The summed E-state index contributed by atoms with van der Waals surface area (Å²) >= 11 is 1.72. The molecule has 110 valence electrons. The number of amides is 1. The molecule has 2 N–H and O–H groups in total. The van der Waals surface area contributed by atoms with Crippen LogP contribution in [0, 0.1) is 0 Å². The second-order valence-electron chi connectivity index (χ2n) is 4.95. The molecule has 2 rings (SSSR count). The second kappa shape index (κ2) is 6.30. The van der Waals surface area contributed by atoms with Gasteiger partial charge in [-0.25, -0.2) is 4.79 Å². The van der Waals surface area contributed by atoms with Gasteiger partial charge in [-0.05, 0) is 30.8 Å². The molecule has 0 saturated carbocycles. The maximum atomic E-state index is 12.2. The minimum atomic E-state index is -1.13. The molecule has 2 heterocycles. The standard InChI is InChI=1S/C13H19N3O3S/c1-2-5-16-9-10(8-14-16)11(17)15-13(12(18)19)3-6-20-7-4-13/h8-9H,2-7H2,1H3,(H,15,17)(H,18,19). The Labute approximate surface area is 121 Å². The summed E-state index contributed by atoms with van der Waals surface area (Å²) in [5.41, 5.74) is -0.716. The average Bonchev–Trinajstić information content (AvgIpc) is 2.89. The predicted molar refractivity (Wildman–Crippen MR) is 76.9 cm³/mol. The summed E-state index contributed by atoms with van der Waals surface area (Å²) in [5, 5.41) is 16.2. The van der Waals surface area contributed by atoms with Crippen molar-refractivity contribution < 1.29 is 14.7 Å². The van der Waals surface area contributed by atoms with E-state index in [-0.39, 0.29) is 5.91 Å². The van der Waals surface area contributed by atoms with Gasteiger partial charge in [-0.2, -0.15) is 16.9 Å². The lowest BCUT2D eigenvalue weighted by Gasteiger charge is -2.33. The number of aromatic nitrogens is 2. The van der Waals surface area contributed by atoms with E-state index in [2.05, 4.69) is 10.4 Å². The Morgan fingerprint density at radius 3 is 2.80 bits per heavy atom. The maximum Gasteiger partial charge on any atom is 0.329 e. The van der Waals surface area contributed by atoms with Gasteiger partial charge in [-0.15, -0.1) is 0 Å². The van der Waals surface area contributed by atoms with Crippen LogP contribution >= 0.6 is 11.8 Å². The van der Waals surface area contributed by atoms with Crippen LogP contribution in [0.5, 0.6) is 0 Å². The van der Waals surface area contributed by atoms with Crippen molar-refractivity contribution in [2.24, 2.45) is 0 Å². The molecule has 0 radical (unpaired) electrons. The monoisotopic (exact) mass is 297 g/mol. The fraction of sp³-hybridized carbons (Fsp3) is 0.615. The molecule has 1 aliphatic rings. The van der Waals surface area contributed by atoms with Crippen LogP contribution in [0.3, 0.4) is 0 Å². The number of carbonyl (C=O) groups excluding carboxylic acids is 1. The minimum absolute atomic E-state index is 0.360. The van der Waals surface area contributed by atoms with Gasteiger partial charge in [0, 0.05) is 12.7 Å². The molecule has 0 unspecified atom stereocenters. The average molecular weight is 297 g/mol. The number of thioether (sulfide) groups is 1. The third-order valence-electron chi connectivity index (χ3n) is 3.46. The van der Waals surface area contributed by atoms with Gasteiger partial charge in [0.25, 0.3) is 5.91 Å². The Morgan fingerprint density at radius 1 is 1.50 bits per heavy atom. The molecule has 0 bridgehead atoms. The zero-order chi connectivity index (χ0) is 14.6. The van der Waals surface area contributed by atoms with Crippen molar-refractivity contribution >= 4 is 23.6 Å². The molecule has 0 atom stereocenters. The molecule has 1 saturated heterocycles. The van der Waals surface area contributed by atoms with Crippen molar-refractivity contribution in [3.63, 3.8) is 0 Å². The maximum absolute atomic E-state index is 12.2. The molecule has 6 nitrogen and oxygen atoms in total. The summed E-state index contributed by atoms with van der Waals surface area (Å²) in [4.78, 5) is 23.7. The van der Waals surface area contributed by atoms with E-state index in [1.807, 2.05) is 6.92 Å². The molecule has 7 heteroatoms. The first-order chi connectivity index (χ1) is 9.57. The smallest absolute Gasteiger partial charge is 0.329 e. The first-order valence-corrected chi connectivity index (χ1v) is 7.89. The highest BCUT2D eigenvalue weighted by Gasteiger charge is 2.41. The van der Waals surface area contributed by atoms with Gasteiger partial charge in [0.2, 0.25) is 0 Å². The number of nitrogens with one attached hydrogen (secondary N) is 1. The van der Waals surface area contributed by atoms with E-state index in [9.17, 15) is 14.7 Å². The Bertz CT molecular complexity index is 495.